The van der Waals surface area contributed by atoms with Gasteiger partial charge < -0.3 is 24.8 Å². The van der Waals surface area contributed by atoms with E-state index in [1.54, 1.807) is 6.07 Å². The van der Waals surface area contributed by atoms with Gasteiger partial charge in [0, 0.05) is 49.5 Å². The number of methoxy groups -OCH3 is 2. The number of phenolic OH excluding ortho intramolecular Hbond substituents is 1. The van der Waals surface area contributed by atoms with Gasteiger partial charge in [-0.15, -0.1) is 0 Å². The molecule has 5 rings (SSSR count). The number of carbonyl (C=O) groups excluding carboxylic acids is 4. The Labute approximate surface area is 247 Å². The summed E-state index contributed by atoms with van der Waals surface area (Å²) < 4.78 is 10.9. The zero-order valence-corrected chi connectivity index (χ0v) is 23.9. The number of fused-ring (bicyclic) bond motifs is 4. The molecule has 0 unspecified atom stereocenters. The van der Waals surface area contributed by atoms with Crippen LogP contribution in [0.25, 0.3) is 0 Å². The van der Waals surface area contributed by atoms with Gasteiger partial charge in [0.15, 0.2) is 0 Å². The van der Waals surface area contributed by atoms with Crippen molar-refractivity contribution in [1.82, 2.24) is 9.80 Å². The fraction of sp³-hybridized carbons (Fsp3) is 0.533. The number of rotatable bonds is 11. The number of allylic oxidation sites excluding steroid dienone is 2. The number of benzene rings is 1. The molecule has 4 amide bonds. The molecule has 13 heteroatoms. The van der Waals surface area contributed by atoms with E-state index < -0.39 is 65.2 Å². The third-order valence-electron chi connectivity index (χ3n) is 9.24. The summed E-state index contributed by atoms with van der Waals surface area (Å²) in [5, 5.41) is 29.3. The van der Waals surface area contributed by atoms with Crippen LogP contribution in [-0.4, -0.2) is 88.0 Å². The fourth-order valence-corrected chi connectivity index (χ4v) is 7.44. The molecule has 0 spiro atoms. The van der Waals surface area contributed by atoms with E-state index in [2.05, 4.69) is 0 Å². The van der Waals surface area contributed by atoms with Gasteiger partial charge in [-0.2, -0.15) is 0 Å². The summed E-state index contributed by atoms with van der Waals surface area (Å²) in [7, 11) is 2.82. The second kappa shape index (κ2) is 11.7. The highest BCUT2D eigenvalue weighted by Gasteiger charge is 2.62. The quantitative estimate of drug-likeness (QED) is 0.249. The lowest BCUT2D eigenvalue weighted by Gasteiger charge is -2.44. The maximum atomic E-state index is 13.9. The number of aromatic hydroxyl groups is 1. The molecule has 6 atom stereocenters. The number of likely N-dealkylation sites (tertiary alicyclic amines) is 2. The smallest absolute Gasteiger partial charge is 0.303 e. The second-order valence-electron chi connectivity index (χ2n) is 11.4. The molecule has 13 nitrogen and oxygen atoms in total. The number of carboxylic acid groups (broad SMARTS) is 2. The molecule has 3 N–H and O–H groups in total. The van der Waals surface area contributed by atoms with Gasteiger partial charge in [-0.05, 0) is 31.6 Å². The first kappa shape index (κ1) is 30.1. The molecule has 0 aromatic heterocycles. The molecule has 3 fully saturated rings. The topological polar surface area (TPSA) is 188 Å². The average molecular weight is 599 g/mol. The number of nitrogens with zero attached hydrogens (tertiary/aromatic N) is 2. The summed E-state index contributed by atoms with van der Waals surface area (Å²) in [6.45, 7) is -0.115. The van der Waals surface area contributed by atoms with Crippen LogP contribution in [0.3, 0.4) is 0 Å². The molecule has 43 heavy (non-hydrogen) atoms. The Morgan fingerprint density at radius 3 is 1.95 bits per heavy atom. The van der Waals surface area contributed by atoms with E-state index in [0.717, 1.165) is 9.80 Å². The minimum atomic E-state index is -1.05. The van der Waals surface area contributed by atoms with Crippen LogP contribution in [0.4, 0.5) is 0 Å². The molecule has 0 bridgehead atoms. The van der Waals surface area contributed by atoms with Crippen molar-refractivity contribution in [2.75, 3.05) is 27.3 Å². The molecular weight excluding hydrogens is 564 g/mol. The van der Waals surface area contributed by atoms with E-state index in [4.69, 9.17) is 19.7 Å². The first-order valence-electron chi connectivity index (χ1n) is 14.3. The normalized spacial score (nSPS) is 27.9. The van der Waals surface area contributed by atoms with Crippen LogP contribution in [0.5, 0.6) is 17.2 Å². The number of carboxylic acids is 2. The SMILES string of the molecule is COc1cc(O)c([C@H]2C3=CC[C@@H]4C(=O)N(CCCC(=O)O)C(=O)[C@@H]4[C@@H]3C[C@H]3C(=O)N(CCCC(=O)O)C(=O)[C@@H]23)c(OC)c1. The summed E-state index contributed by atoms with van der Waals surface area (Å²) in [5.74, 6) is -8.36. The molecule has 4 aliphatic rings. The number of phenols is 1. The van der Waals surface area contributed by atoms with Gasteiger partial charge in [-0.25, -0.2) is 0 Å². The summed E-state index contributed by atoms with van der Waals surface area (Å²) in [5.41, 5.74) is 0.916. The number of hydrogen-bond acceptors (Lipinski definition) is 9. The highest BCUT2D eigenvalue weighted by atomic mass is 16.5. The van der Waals surface area contributed by atoms with E-state index in [1.165, 1.54) is 20.3 Å². The molecular formula is C30H34N2O11. The van der Waals surface area contributed by atoms with Gasteiger partial charge in [0.25, 0.3) is 0 Å². The predicted molar refractivity (Wildman–Crippen MR) is 146 cm³/mol. The molecule has 1 saturated carbocycles. The van der Waals surface area contributed by atoms with Crippen molar-refractivity contribution in [3.63, 3.8) is 0 Å². The maximum absolute atomic E-state index is 13.9. The van der Waals surface area contributed by atoms with Crippen molar-refractivity contribution in [3.8, 4) is 17.2 Å². The number of ether oxygens (including phenoxy) is 2. The molecule has 2 aliphatic heterocycles. The summed E-state index contributed by atoms with van der Waals surface area (Å²) in [4.78, 5) is 79.0. The van der Waals surface area contributed by atoms with Crippen molar-refractivity contribution < 1.29 is 53.6 Å². The Balaban J connectivity index is 1.57. The van der Waals surface area contributed by atoms with Crippen molar-refractivity contribution in [1.29, 1.82) is 0 Å². The van der Waals surface area contributed by atoms with Gasteiger partial charge >= 0.3 is 11.9 Å². The van der Waals surface area contributed by atoms with E-state index in [1.807, 2.05) is 6.08 Å². The first-order chi connectivity index (χ1) is 20.5. The molecule has 2 aliphatic carbocycles. The molecule has 1 aromatic carbocycles. The van der Waals surface area contributed by atoms with Gasteiger partial charge in [0.1, 0.15) is 17.2 Å². The van der Waals surface area contributed by atoms with Crippen LogP contribution in [-0.2, 0) is 28.8 Å². The van der Waals surface area contributed by atoms with Gasteiger partial charge in [-0.3, -0.25) is 38.6 Å². The Morgan fingerprint density at radius 2 is 1.40 bits per heavy atom. The lowest BCUT2D eigenvalue weighted by atomic mass is 9.57. The second-order valence-corrected chi connectivity index (χ2v) is 11.4. The Bertz CT molecular complexity index is 1420. The minimum absolute atomic E-state index is 0.0314. The average Bonchev–Trinajstić information content (AvgIpc) is 3.35. The molecule has 2 saturated heterocycles. The van der Waals surface area contributed by atoms with Crippen molar-refractivity contribution >= 4 is 35.6 Å². The van der Waals surface area contributed by atoms with E-state index in [-0.39, 0.29) is 74.6 Å². The molecule has 1 aromatic rings. The highest BCUT2D eigenvalue weighted by Crippen LogP contribution is 2.60. The molecule has 2 heterocycles. The van der Waals surface area contributed by atoms with Crippen LogP contribution in [0, 0.1) is 29.6 Å². The van der Waals surface area contributed by atoms with Crippen molar-refractivity contribution in [2.45, 2.75) is 44.4 Å². The lowest BCUT2D eigenvalue weighted by Crippen LogP contribution is -2.43. The van der Waals surface area contributed by atoms with Crippen LogP contribution >= 0.6 is 0 Å². The van der Waals surface area contributed by atoms with Crippen LogP contribution in [0.2, 0.25) is 0 Å². The lowest BCUT2D eigenvalue weighted by molar-refractivity contribution is -0.143. The van der Waals surface area contributed by atoms with E-state index in [0.29, 0.717) is 11.3 Å². The number of carbonyl (C=O) groups is 6. The largest absolute Gasteiger partial charge is 0.507 e. The van der Waals surface area contributed by atoms with Crippen LogP contribution < -0.4 is 9.47 Å². The highest BCUT2D eigenvalue weighted by molar-refractivity contribution is 6.08. The van der Waals surface area contributed by atoms with Gasteiger partial charge in [0.05, 0.1) is 37.9 Å². The van der Waals surface area contributed by atoms with Crippen molar-refractivity contribution in [3.05, 3.63) is 29.3 Å². The fourth-order valence-electron chi connectivity index (χ4n) is 7.44. The standard InChI is InChI=1S/C30H34N2O11/c1-42-14-11-19(33)26(20(12-14)43-2)24-15-7-8-16-23(29(40)31(27(16)38)9-3-5-21(34)35)17(15)13-18-25(24)30(41)32(28(18)39)10-4-6-22(36)37/h7,11-12,16-18,23-25,33H,3-6,8-10,13H2,1-2H3,(H,34,35)(H,36,37)/t16-,17+,18+,23-,24-,25+/m0/s1. The van der Waals surface area contributed by atoms with E-state index >= 15 is 0 Å². The monoisotopic (exact) mass is 598 g/mol. The summed E-state index contributed by atoms with van der Waals surface area (Å²) in [6.07, 6.45) is 1.91. The number of imide groups is 2. The Kier molecular flexibility index (Phi) is 8.17. The Morgan fingerprint density at radius 1 is 0.814 bits per heavy atom. The molecule has 230 valence electrons. The maximum Gasteiger partial charge on any atom is 0.303 e. The van der Waals surface area contributed by atoms with Crippen molar-refractivity contribution in [2.24, 2.45) is 29.6 Å². The third kappa shape index (κ3) is 5.10. The number of aliphatic carboxylic acids is 2. The third-order valence-corrected chi connectivity index (χ3v) is 9.24. The van der Waals surface area contributed by atoms with E-state index in [9.17, 15) is 33.9 Å². The number of hydrogen-bond donors (Lipinski definition) is 3. The van der Waals surface area contributed by atoms with Gasteiger partial charge in [0.2, 0.25) is 23.6 Å². The van der Waals surface area contributed by atoms with Crippen LogP contribution in [0.15, 0.2) is 23.8 Å². The summed E-state index contributed by atoms with van der Waals surface area (Å²) >= 11 is 0. The number of amides is 4. The predicted octanol–water partition coefficient (Wildman–Crippen LogP) is 1.77. The van der Waals surface area contributed by atoms with Crippen LogP contribution in [0.1, 0.15) is 50.0 Å². The minimum Gasteiger partial charge on any atom is -0.507 e. The zero-order chi connectivity index (χ0) is 31.2. The first-order valence-corrected chi connectivity index (χ1v) is 14.3. The Hall–Kier alpha value is -4.42. The van der Waals surface area contributed by atoms with Gasteiger partial charge in [-0.1, -0.05) is 11.6 Å². The zero-order valence-electron chi connectivity index (χ0n) is 23.9. The summed E-state index contributed by atoms with van der Waals surface area (Å²) in [6, 6.07) is 2.93. The molecule has 0 radical (unpaired) electrons.